The van der Waals surface area contributed by atoms with E-state index in [4.69, 9.17) is 10.3 Å². The Labute approximate surface area is 106 Å². The Morgan fingerprint density at radius 1 is 1.50 bits per heavy atom. The highest BCUT2D eigenvalue weighted by Gasteiger charge is 2.32. The van der Waals surface area contributed by atoms with Crippen LogP contribution in [0.3, 0.4) is 0 Å². The lowest BCUT2D eigenvalue weighted by Gasteiger charge is -2.22. The maximum Gasteiger partial charge on any atom is 0.105 e. The van der Waals surface area contributed by atoms with Gasteiger partial charge in [0.05, 0.1) is 12.3 Å². The number of aryl methyl sites for hydroxylation is 2. The predicted octanol–water partition coefficient (Wildman–Crippen LogP) is 2.22. The number of fused-ring (bicyclic) bond motifs is 1. The number of hydrazine groups is 1. The van der Waals surface area contributed by atoms with Crippen LogP contribution >= 0.6 is 0 Å². The quantitative estimate of drug-likeness (QED) is 0.641. The fraction of sp³-hybridized carbons (Fsp3) is 0.357. The molecule has 0 spiro atoms. The second-order valence-corrected chi connectivity index (χ2v) is 4.77. The molecule has 0 saturated carbocycles. The third kappa shape index (κ3) is 1.74. The van der Waals surface area contributed by atoms with E-state index in [0.717, 1.165) is 24.2 Å². The van der Waals surface area contributed by atoms with E-state index >= 15 is 0 Å². The molecule has 2 unspecified atom stereocenters. The minimum Gasteiger partial charge on any atom is -0.469 e. The van der Waals surface area contributed by atoms with Gasteiger partial charge in [-0.05, 0) is 37.5 Å². The molecular formula is C14H17N3O. The SMILES string of the molecule is Cc1occc1C(NN)C1CCc2cccnc21. The molecule has 3 rings (SSSR count). The Balaban J connectivity index is 1.98. The highest BCUT2D eigenvalue weighted by atomic mass is 16.3. The standard InChI is InChI=1S/C14H17N3O/c1-9-11(6-8-18-9)14(17-15)12-5-4-10-3-2-7-16-13(10)12/h2-3,6-8,12,14,17H,4-5,15H2,1H3. The fourth-order valence-electron chi connectivity index (χ4n) is 2.91. The molecule has 0 aromatic carbocycles. The summed E-state index contributed by atoms with van der Waals surface area (Å²) in [4.78, 5) is 4.52. The average Bonchev–Trinajstić information content (AvgIpc) is 2.99. The second-order valence-electron chi connectivity index (χ2n) is 4.77. The fourth-order valence-corrected chi connectivity index (χ4v) is 2.91. The summed E-state index contributed by atoms with van der Waals surface area (Å²) in [5, 5.41) is 0. The van der Waals surface area contributed by atoms with Crippen molar-refractivity contribution in [2.75, 3.05) is 0 Å². The lowest BCUT2D eigenvalue weighted by atomic mass is 9.91. The summed E-state index contributed by atoms with van der Waals surface area (Å²) < 4.78 is 5.38. The van der Waals surface area contributed by atoms with Gasteiger partial charge in [-0.1, -0.05) is 6.07 Å². The first kappa shape index (κ1) is 11.4. The van der Waals surface area contributed by atoms with Crippen LogP contribution in [0, 0.1) is 6.92 Å². The van der Waals surface area contributed by atoms with E-state index in [1.807, 2.05) is 25.3 Å². The molecule has 18 heavy (non-hydrogen) atoms. The van der Waals surface area contributed by atoms with Crippen LogP contribution in [0.2, 0.25) is 0 Å². The smallest absolute Gasteiger partial charge is 0.105 e. The Bertz CT molecular complexity index is 549. The van der Waals surface area contributed by atoms with Crippen molar-refractivity contribution in [1.29, 1.82) is 0 Å². The van der Waals surface area contributed by atoms with E-state index in [-0.39, 0.29) is 6.04 Å². The van der Waals surface area contributed by atoms with E-state index < -0.39 is 0 Å². The van der Waals surface area contributed by atoms with Gasteiger partial charge in [0.1, 0.15) is 5.76 Å². The summed E-state index contributed by atoms with van der Waals surface area (Å²) in [7, 11) is 0. The van der Waals surface area contributed by atoms with E-state index in [1.54, 1.807) is 6.26 Å². The van der Waals surface area contributed by atoms with Gasteiger partial charge in [0.25, 0.3) is 0 Å². The normalized spacial score (nSPS) is 19.8. The summed E-state index contributed by atoms with van der Waals surface area (Å²) in [6.45, 7) is 1.97. The van der Waals surface area contributed by atoms with Gasteiger partial charge in [0, 0.05) is 23.4 Å². The maximum absolute atomic E-state index is 5.75. The summed E-state index contributed by atoms with van der Waals surface area (Å²) in [6, 6.07) is 6.20. The lowest BCUT2D eigenvalue weighted by molar-refractivity contribution is 0.434. The maximum atomic E-state index is 5.75. The van der Waals surface area contributed by atoms with E-state index in [1.165, 1.54) is 11.3 Å². The third-order valence-electron chi connectivity index (χ3n) is 3.82. The summed E-state index contributed by atoms with van der Waals surface area (Å²) in [5.74, 6) is 6.99. The molecule has 0 radical (unpaired) electrons. The Morgan fingerprint density at radius 2 is 2.39 bits per heavy atom. The van der Waals surface area contributed by atoms with Crippen molar-refractivity contribution < 1.29 is 4.42 Å². The largest absolute Gasteiger partial charge is 0.469 e. The molecule has 0 fully saturated rings. The topological polar surface area (TPSA) is 64.1 Å². The highest BCUT2D eigenvalue weighted by molar-refractivity contribution is 5.34. The number of furan rings is 1. The van der Waals surface area contributed by atoms with Crippen molar-refractivity contribution >= 4 is 0 Å². The van der Waals surface area contributed by atoms with Crippen molar-refractivity contribution in [3.63, 3.8) is 0 Å². The number of nitrogens with two attached hydrogens (primary N) is 1. The van der Waals surface area contributed by atoms with Crippen molar-refractivity contribution in [2.24, 2.45) is 5.84 Å². The van der Waals surface area contributed by atoms with Crippen molar-refractivity contribution in [3.8, 4) is 0 Å². The Hall–Kier alpha value is -1.65. The first-order chi connectivity index (χ1) is 8.81. The molecular weight excluding hydrogens is 226 g/mol. The van der Waals surface area contributed by atoms with Gasteiger partial charge in [-0.15, -0.1) is 0 Å². The molecule has 0 bridgehead atoms. The second kappa shape index (κ2) is 4.55. The number of pyridine rings is 1. The van der Waals surface area contributed by atoms with Gasteiger partial charge in [-0.2, -0.15) is 0 Å². The van der Waals surface area contributed by atoms with Crippen LogP contribution in [-0.2, 0) is 6.42 Å². The zero-order valence-electron chi connectivity index (χ0n) is 10.4. The lowest BCUT2D eigenvalue weighted by Crippen LogP contribution is -2.32. The zero-order valence-corrected chi connectivity index (χ0v) is 10.4. The predicted molar refractivity (Wildman–Crippen MR) is 68.8 cm³/mol. The minimum absolute atomic E-state index is 0.0694. The Kier molecular flexibility index (Phi) is 2.89. The molecule has 2 heterocycles. The first-order valence-electron chi connectivity index (χ1n) is 6.25. The first-order valence-corrected chi connectivity index (χ1v) is 6.25. The summed E-state index contributed by atoms with van der Waals surface area (Å²) >= 11 is 0. The van der Waals surface area contributed by atoms with Gasteiger partial charge in [-0.3, -0.25) is 16.3 Å². The van der Waals surface area contributed by atoms with Crippen LogP contribution in [0.4, 0.5) is 0 Å². The molecule has 2 aromatic rings. The molecule has 1 aliphatic carbocycles. The molecule has 2 atom stereocenters. The number of aromatic nitrogens is 1. The van der Waals surface area contributed by atoms with Crippen LogP contribution in [0.1, 0.15) is 41.0 Å². The zero-order chi connectivity index (χ0) is 12.5. The van der Waals surface area contributed by atoms with Crippen LogP contribution in [-0.4, -0.2) is 4.98 Å². The van der Waals surface area contributed by atoms with Crippen LogP contribution in [0.25, 0.3) is 0 Å². The van der Waals surface area contributed by atoms with E-state index in [0.29, 0.717) is 5.92 Å². The number of nitrogens with zero attached hydrogens (tertiary/aromatic N) is 1. The number of nitrogens with one attached hydrogen (secondary N) is 1. The van der Waals surface area contributed by atoms with Crippen LogP contribution < -0.4 is 11.3 Å². The average molecular weight is 243 g/mol. The number of hydrogen-bond donors (Lipinski definition) is 2. The van der Waals surface area contributed by atoms with Crippen molar-refractivity contribution in [1.82, 2.24) is 10.4 Å². The molecule has 3 N–H and O–H groups in total. The summed E-state index contributed by atoms with van der Waals surface area (Å²) in [6.07, 6.45) is 5.71. The van der Waals surface area contributed by atoms with Gasteiger partial charge < -0.3 is 4.42 Å². The molecule has 1 aliphatic rings. The van der Waals surface area contributed by atoms with Crippen molar-refractivity contribution in [3.05, 3.63) is 53.2 Å². The molecule has 4 heteroatoms. The monoisotopic (exact) mass is 243 g/mol. The Morgan fingerprint density at radius 3 is 3.11 bits per heavy atom. The number of rotatable bonds is 3. The van der Waals surface area contributed by atoms with E-state index in [9.17, 15) is 0 Å². The molecule has 0 aliphatic heterocycles. The molecule has 2 aromatic heterocycles. The van der Waals surface area contributed by atoms with Gasteiger partial charge in [0.15, 0.2) is 0 Å². The third-order valence-corrected chi connectivity index (χ3v) is 3.82. The molecule has 94 valence electrons. The van der Waals surface area contributed by atoms with Crippen LogP contribution in [0.15, 0.2) is 35.1 Å². The summed E-state index contributed by atoms with van der Waals surface area (Å²) in [5.41, 5.74) is 6.56. The van der Waals surface area contributed by atoms with Crippen molar-refractivity contribution in [2.45, 2.75) is 31.7 Å². The molecule has 4 nitrogen and oxygen atoms in total. The highest BCUT2D eigenvalue weighted by Crippen LogP contribution is 2.40. The van der Waals surface area contributed by atoms with Gasteiger partial charge >= 0.3 is 0 Å². The van der Waals surface area contributed by atoms with E-state index in [2.05, 4.69) is 16.5 Å². The molecule has 0 saturated heterocycles. The number of hydrogen-bond acceptors (Lipinski definition) is 4. The van der Waals surface area contributed by atoms with Gasteiger partial charge in [0.2, 0.25) is 0 Å². The van der Waals surface area contributed by atoms with Gasteiger partial charge in [-0.25, -0.2) is 0 Å². The van der Waals surface area contributed by atoms with Crippen LogP contribution in [0.5, 0.6) is 0 Å². The molecule has 0 amide bonds. The minimum atomic E-state index is 0.0694.